The van der Waals surface area contributed by atoms with Crippen LogP contribution in [0.1, 0.15) is 24.1 Å². The Labute approximate surface area is 107 Å². The van der Waals surface area contributed by atoms with Crippen LogP contribution in [0.3, 0.4) is 0 Å². The maximum absolute atomic E-state index is 9.95. The van der Waals surface area contributed by atoms with Gasteiger partial charge in [-0.2, -0.15) is 0 Å². The van der Waals surface area contributed by atoms with Crippen LogP contribution in [0.25, 0.3) is 11.8 Å². The molecule has 0 fully saturated rings. The summed E-state index contributed by atoms with van der Waals surface area (Å²) in [5.74, 6) is 0.530. The zero-order chi connectivity index (χ0) is 12.5. The van der Waals surface area contributed by atoms with Crippen molar-refractivity contribution in [2.24, 2.45) is 0 Å². The van der Waals surface area contributed by atoms with E-state index in [1.165, 1.54) is 16.6 Å². The molecule has 92 valence electrons. The van der Waals surface area contributed by atoms with E-state index in [0.717, 1.165) is 24.6 Å². The number of nitrogens with zero attached hydrogens (tertiary/aromatic N) is 1. The second kappa shape index (κ2) is 4.37. The summed E-state index contributed by atoms with van der Waals surface area (Å²) in [5.41, 5.74) is 2.49. The molecule has 0 amide bonds. The lowest BCUT2D eigenvalue weighted by Crippen LogP contribution is -2.33. The number of aliphatic hydroxyl groups excluding tert-OH is 1. The molecule has 2 heteroatoms. The van der Waals surface area contributed by atoms with E-state index in [2.05, 4.69) is 47.9 Å². The molecule has 0 unspecified atom stereocenters. The second-order valence-corrected chi connectivity index (χ2v) is 4.85. The molecule has 1 aromatic carbocycles. The van der Waals surface area contributed by atoms with E-state index in [0.29, 0.717) is 5.76 Å². The van der Waals surface area contributed by atoms with Gasteiger partial charge in [-0.05, 0) is 25.0 Å². The predicted octanol–water partition coefficient (Wildman–Crippen LogP) is 2.09. The smallest absolute Gasteiger partial charge is 0.102 e. The van der Waals surface area contributed by atoms with Crippen molar-refractivity contribution in [3.8, 4) is 0 Å². The summed E-state index contributed by atoms with van der Waals surface area (Å²) < 4.78 is 2.28. The van der Waals surface area contributed by atoms with Crippen molar-refractivity contribution in [1.29, 1.82) is 0 Å². The zero-order valence-electron chi connectivity index (χ0n) is 10.6. The van der Waals surface area contributed by atoms with E-state index in [1.54, 1.807) is 0 Å². The Morgan fingerprint density at radius 2 is 2.00 bits per heavy atom. The summed E-state index contributed by atoms with van der Waals surface area (Å²) in [4.78, 5) is 0. The minimum atomic E-state index is 0.530. The van der Waals surface area contributed by atoms with Crippen LogP contribution in [-0.4, -0.2) is 9.67 Å². The van der Waals surface area contributed by atoms with Crippen LogP contribution >= 0.6 is 0 Å². The number of fused-ring (bicyclic) bond motifs is 1. The van der Waals surface area contributed by atoms with Gasteiger partial charge in [0.1, 0.15) is 5.76 Å². The Morgan fingerprint density at radius 1 is 1.22 bits per heavy atom. The first-order chi connectivity index (χ1) is 8.75. The van der Waals surface area contributed by atoms with E-state index in [4.69, 9.17) is 0 Å². The summed E-state index contributed by atoms with van der Waals surface area (Å²) in [6.45, 7) is 2.97. The van der Waals surface area contributed by atoms with E-state index >= 15 is 0 Å². The van der Waals surface area contributed by atoms with Crippen molar-refractivity contribution in [1.82, 2.24) is 4.57 Å². The molecule has 0 spiro atoms. The van der Waals surface area contributed by atoms with Gasteiger partial charge in [-0.15, -0.1) is 0 Å². The zero-order valence-corrected chi connectivity index (χ0v) is 10.6. The van der Waals surface area contributed by atoms with Crippen LogP contribution in [0.2, 0.25) is 0 Å². The van der Waals surface area contributed by atoms with Gasteiger partial charge < -0.3 is 9.67 Å². The maximum Gasteiger partial charge on any atom is 0.102 e. The number of aliphatic hydroxyl groups is 1. The minimum absolute atomic E-state index is 0.530. The normalized spacial score (nSPS) is 14.2. The SMILES string of the molecule is Cc1cc2c(n1Cc1ccccc1)=CCCC=2O. The van der Waals surface area contributed by atoms with Gasteiger partial charge in [0.2, 0.25) is 0 Å². The van der Waals surface area contributed by atoms with Crippen molar-refractivity contribution in [2.75, 3.05) is 0 Å². The highest BCUT2D eigenvalue weighted by atomic mass is 16.3. The molecule has 1 N–H and O–H groups in total. The highest BCUT2D eigenvalue weighted by Gasteiger charge is 2.09. The number of hydrogen-bond acceptors (Lipinski definition) is 1. The quantitative estimate of drug-likeness (QED) is 0.853. The largest absolute Gasteiger partial charge is 0.512 e. The maximum atomic E-state index is 9.95. The van der Waals surface area contributed by atoms with Gasteiger partial charge in [0, 0.05) is 29.2 Å². The molecular weight excluding hydrogens is 222 g/mol. The minimum Gasteiger partial charge on any atom is -0.512 e. The topological polar surface area (TPSA) is 25.2 Å². The molecule has 1 heterocycles. The summed E-state index contributed by atoms with van der Waals surface area (Å²) >= 11 is 0. The Balaban J connectivity index is 2.12. The van der Waals surface area contributed by atoms with Gasteiger partial charge in [-0.1, -0.05) is 36.4 Å². The molecule has 18 heavy (non-hydrogen) atoms. The lowest BCUT2D eigenvalue weighted by Gasteiger charge is -2.09. The molecule has 3 rings (SSSR count). The molecular formula is C16H17NO. The van der Waals surface area contributed by atoms with Gasteiger partial charge in [-0.3, -0.25) is 0 Å². The summed E-state index contributed by atoms with van der Waals surface area (Å²) in [7, 11) is 0. The fourth-order valence-electron chi connectivity index (χ4n) is 2.60. The summed E-state index contributed by atoms with van der Waals surface area (Å²) in [6.07, 6.45) is 3.92. The van der Waals surface area contributed by atoms with Crippen LogP contribution in [0.4, 0.5) is 0 Å². The Hall–Kier alpha value is -1.96. The first kappa shape index (κ1) is 11.1. The van der Waals surface area contributed by atoms with Gasteiger partial charge >= 0.3 is 0 Å². The fraction of sp³-hybridized carbons (Fsp3) is 0.250. The third kappa shape index (κ3) is 1.84. The van der Waals surface area contributed by atoms with Crippen LogP contribution in [0, 0.1) is 6.92 Å². The lowest BCUT2D eigenvalue weighted by atomic mass is 10.1. The number of benzene rings is 1. The Kier molecular flexibility index (Phi) is 2.71. The van der Waals surface area contributed by atoms with Crippen molar-refractivity contribution in [3.05, 3.63) is 58.2 Å². The molecule has 0 radical (unpaired) electrons. The predicted molar refractivity (Wildman–Crippen MR) is 73.7 cm³/mol. The molecule has 1 aromatic heterocycles. The van der Waals surface area contributed by atoms with Crippen LogP contribution < -0.4 is 10.6 Å². The highest BCUT2D eigenvalue weighted by Crippen LogP contribution is 2.07. The molecule has 0 aliphatic heterocycles. The van der Waals surface area contributed by atoms with Crippen molar-refractivity contribution in [2.45, 2.75) is 26.3 Å². The van der Waals surface area contributed by atoms with Crippen LogP contribution in [0.5, 0.6) is 0 Å². The number of aryl methyl sites for hydroxylation is 1. The number of rotatable bonds is 2. The number of aromatic nitrogens is 1. The summed E-state index contributed by atoms with van der Waals surface area (Å²) in [5, 5.41) is 12.1. The van der Waals surface area contributed by atoms with E-state index in [1.807, 2.05) is 6.07 Å². The van der Waals surface area contributed by atoms with Crippen molar-refractivity contribution < 1.29 is 5.11 Å². The molecule has 0 bridgehead atoms. The van der Waals surface area contributed by atoms with Crippen molar-refractivity contribution >= 4 is 11.8 Å². The third-order valence-corrected chi connectivity index (χ3v) is 3.56. The van der Waals surface area contributed by atoms with Gasteiger partial charge in [0.05, 0.1) is 0 Å². The van der Waals surface area contributed by atoms with Gasteiger partial charge in [0.15, 0.2) is 0 Å². The Bertz CT molecular complexity index is 680. The molecule has 1 aliphatic carbocycles. The van der Waals surface area contributed by atoms with Crippen LogP contribution in [-0.2, 0) is 6.54 Å². The monoisotopic (exact) mass is 239 g/mol. The molecule has 0 saturated heterocycles. The first-order valence-corrected chi connectivity index (χ1v) is 6.38. The second-order valence-electron chi connectivity index (χ2n) is 4.85. The molecule has 2 nitrogen and oxygen atoms in total. The fourth-order valence-corrected chi connectivity index (χ4v) is 2.60. The van der Waals surface area contributed by atoms with Crippen molar-refractivity contribution in [3.63, 3.8) is 0 Å². The van der Waals surface area contributed by atoms with E-state index in [-0.39, 0.29) is 0 Å². The molecule has 2 aromatic rings. The Morgan fingerprint density at radius 3 is 2.78 bits per heavy atom. The molecule has 1 aliphatic rings. The first-order valence-electron chi connectivity index (χ1n) is 6.38. The molecule has 0 atom stereocenters. The average molecular weight is 239 g/mol. The lowest BCUT2D eigenvalue weighted by molar-refractivity contribution is 0.477. The standard InChI is InChI=1S/C16H17NO/c1-12-10-14-15(8-5-9-16(14)18)17(12)11-13-6-3-2-4-7-13/h2-4,6-8,10,18H,5,9,11H2,1H3. The molecule has 0 saturated carbocycles. The third-order valence-electron chi connectivity index (χ3n) is 3.56. The van der Waals surface area contributed by atoms with Gasteiger partial charge in [0.25, 0.3) is 0 Å². The van der Waals surface area contributed by atoms with E-state index < -0.39 is 0 Å². The average Bonchev–Trinajstić information content (AvgIpc) is 2.70. The van der Waals surface area contributed by atoms with Crippen LogP contribution in [0.15, 0.2) is 36.4 Å². The van der Waals surface area contributed by atoms with E-state index in [9.17, 15) is 5.11 Å². The highest BCUT2D eigenvalue weighted by molar-refractivity contribution is 5.44. The van der Waals surface area contributed by atoms with Gasteiger partial charge in [-0.25, -0.2) is 0 Å². The number of hydrogen-bond donors (Lipinski definition) is 1. The summed E-state index contributed by atoms with van der Waals surface area (Å²) in [6, 6.07) is 12.5.